The summed E-state index contributed by atoms with van der Waals surface area (Å²) in [7, 11) is 0. The third kappa shape index (κ3) is 3.05. The number of carbonyl (C=O) groups excluding carboxylic acids is 1. The molecule has 0 fully saturated rings. The molecule has 0 radical (unpaired) electrons. The third-order valence-electron chi connectivity index (χ3n) is 3.60. The minimum absolute atomic E-state index is 0.117. The summed E-state index contributed by atoms with van der Waals surface area (Å²) in [4.78, 5) is 12.6. The molecule has 0 aliphatic heterocycles. The van der Waals surface area contributed by atoms with E-state index in [9.17, 15) is 4.79 Å². The molecule has 0 saturated heterocycles. The number of rotatable bonds is 4. The van der Waals surface area contributed by atoms with Gasteiger partial charge in [0.1, 0.15) is 5.78 Å². The first-order chi connectivity index (χ1) is 9.52. The Bertz CT molecular complexity index is 568. The van der Waals surface area contributed by atoms with Crippen LogP contribution >= 0.6 is 23.2 Å². The predicted molar refractivity (Wildman–Crippen MR) is 84.7 cm³/mol. The monoisotopic (exact) mass is 306 g/mol. The van der Waals surface area contributed by atoms with Gasteiger partial charge >= 0.3 is 0 Å². The van der Waals surface area contributed by atoms with Gasteiger partial charge in [0.15, 0.2) is 0 Å². The van der Waals surface area contributed by atoms with Crippen LogP contribution in [-0.4, -0.2) is 5.78 Å². The van der Waals surface area contributed by atoms with Gasteiger partial charge in [0.25, 0.3) is 0 Å². The first-order valence-electron chi connectivity index (χ1n) is 6.55. The topological polar surface area (TPSA) is 17.1 Å². The number of carbonyl (C=O) groups is 1. The van der Waals surface area contributed by atoms with Gasteiger partial charge in [0.2, 0.25) is 0 Å². The van der Waals surface area contributed by atoms with Crippen molar-refractivity contribution in [2.24, 2.45) is 0 Å². The zero-order valence-corrected chi connectivity index (χ0v) is 12.9. The van der Waals surface area contributed by atoms with Crippen molar-refractivity contribution in [1.29, 1.82) is 0 Å². The van der Waals surface area contributed by atoms with E-state index >= 15 is 0 Å². The summed E-state index contributed by atoms with van der Waals surface area (Å²) >= 11 is 12.3. The zero-order valence-electron chi connectivity index (χ0n) is 11.4. The molecule has 0 saturated carbocycles. The van der Waals surface area contributed by atoms with E-state index in [0.717, 1.165) is 11.1 Å². The third-order valence-corrected chi connectivity index (χ3v) is 4.29. The minimum Gasteiger partial charge on any atom is -0.298 e. The molecule has 0 aliphatic rings. The Morgan fingerprint density at radius 3 is 1.50 bits per heavy atom. The smallest absolute Gasteiger partial charge is 0.147 e. The van der Waals surface area contributed by atoms with Crippen molar-refractivity contribution in [3.63, 3.8) is 0 Å². The average molecular weight is 307 g/mol. The summed E-state index contributed by atoms with van der Waals surface area (Å²) in [6, 6.07) is 14.9. The van der Waals surface area contributed by atoms with Gasteiger partial charge in [-0.15, -0.1) is 0 Å². The summed E-state index contributed by atoms with van der Waals surface area (Å²) in [5, 5.41) is 1.25. The van der Waals surface area contributed by atoms with Gasteiger partial charge in [-0.2, -0.15) is 0 Å². The summed E-state index contributed by atoms with van der Waals surface area (Å²) in [5.41, 5.74) is 1.72. The summed E-state index contributed by atoms with van der Waals surface area (Å²) in [6.07, 6.45) is 0. The van der Waals surface area contributed by atoms with Gasteiger partial charge in [-0.3, -0.25) is 4.79 Å². The number of Topliss-reactive ketones (excluding diaryl/α,β-unsaturated/α-hetero) is 1. The molecule has 3 heteroatoms. The highest BCUT2D eigenvalue weighted by molar-refractivity contribution is 6.32. The molecular weight excluding hydrogens is 291 g/mol. The molecule has 0 N–H and O–H groups in total. The van der Waals surface area contributed by atoms with Gasteiger partial charge < -0.3 is 0 Å². The molecule has 2 aromatic rings. The summed E-state index contributed by atoms with van der Waals surface area (Å²) in [6.45, 7) is 3.77. The van der Waals surface area contributed by atoms with Crippen molar-refractivity contribution in [2.75, 3.05) is 0 Å². The maximum atomic E-state index is 12.6. The average Bonchev–Trinajstić information content (AvgIpc) is 2.46. The molecule has 0 spiro atoms. The maximum Gasteiger partial charge on any atom is 0.147 e. The highest BCUT2D eigenvalue weighted by atomic mass is 35.5. The number of hydrogen-bond acceptors (Lipinski definition) is 1. The van der Waals surface area contributed by atoms with Crippen LogP contribution in [0.4, 0.5) is 0 Å². The van der Waals surface area contributed by atoms with Crippen molar-refractivity contribution < 1.29 is 4.79 Å². The number of ketones is 1. The molecule has 1 nitrogen and oxygen atoms in total. The SMILES string of the molecule is CC(C(=O)C(C)c1ccccc1Cl)c1ccccc1Cl. The Labute approximate surface area is 129 Å². The van der Waals surface area contributed by atoms with Crippen molar-refractivity contribution in [1.82, 2.24) is 0 Å². The van der Waals surface area contributed by atoms with Crippen LogP contribution in [0.2, 0.25) is 10.0 Å². The van der Waals surface area contributed by atoms with Crippen molar-refractivity contribution >= 4 is 29.0 Å². The van der Waals surface area contributed by atoms with Crippen molar-refractivity contribution in [3.05, 3.63) is 69.7 Å². The fraction of sp³-hybridized carbons (Fsp3) is 0.235. The number of benzene rings is 2. The van der Waals surface area contributed by atoms with Gasteiger partial charge in [0, 0.05) is 21.9 Å². The molecule has 0 aromatic heterocycles. The van der Waals surface area contributed by atoms with Gasteiger partial charge in [-0.1, -0.05) is 73.4 Å². The molecule has 0 amide bonds. The Morgan fingerprint density at radius 1 is 0.800 bits per heavy atom. The van der Waals surface area contributed by atoms with Gasteiger partial charge in [0.05, 0.1) is 0 Å². The quantitative estimate of drug-likeness (QED) is 0.732. The first kappa shape index (κ1) is 15.1. The molecule has 0 heterocycles. The summed E-state index contributed by atoms with van der Waals surface area (Å²) in [5.74, 6) is -0.392. The second-order valence-electron chi connectivity index (χ2n) is 4.89. The molecule has 2 rings (SSSR count). The van der Waals surface area contributed by atoms with Crippen LogP contribution in [0, 0.1) is 0 Å². The van der Waals surface area contributed by atoms with Crippen molar-refractivity contribution in [3.8, 4) is 0 Å². The fourth-order valence-electron chi connectivity index (χ4n) is 2.33. The lowest BCUT2D eigenvalue weighted by molar-refractivity contribution is -0.121. The van der Waals surface area contributed by atoms with E-state index in [1.165, 1.54) is 0 Å². The van der Waals surface area contributed by atoms with Crippen LogP contribution in [-0.2, 0) is 4.79 Å². The summed E-state index contributed by atoms with van der Waals surface area (Å²) < 4.78 is 0. The first-order valence-corrected chi connectivity index (χ1v) is 7.30. The van der Waals surface area contributed by atoms with E-state index in [1.54, 1.807) is 12.1 Å². The van der Waals surface area contributed by atoms with E-state index in [1.807, 2.05) is 50.2 Å². The molecule has 104 valence electrons. The van der Waals surface area contributed by atoms with E-state index in [4.69, 9.17) is 23.2 Å². The van der Waals surface area contributed by atoms with E-state index in [0.29, 0.717) is 10.0 Å². The molecule has 2 unspecified atom stereocenters. The lowest BCUT2D eigenvalue weighted by Gasteiger charge is -2.18. The van der Waals surface area contributed by atoms with Gasteiger partial charge in [-0.25, -0.2) is 0 Å². The van der Waals surface area contributed by atoms with Crippen LogP contribution in [0.3, 0.4) is 0 Å². The fourth-order valence-corrected chi connectivity index (χ4v) is 2.93. The second kappa shape index (κ2) is 6.43. The molecule has 0 aliphatic carbocycles. The lowest BCUT2D eigenvalue weighted by Crippen LogP contribution is -2.17. The maximum absolute atomic E-state index is 12.6. The Balaban J connectivity index is 2.28. The van der Waals surface area contributed by atoms with Crippen LogP contribution in [0.1, 0.15) is 36.8 Å². The molecule has 2 atom stereocenters. The Hall–Kier alpha value is -1.31. The molecule has 2 aromatic carbocycles. The highest BCUT2D eigenvalue weighted by Crippen LogP contribution is 2.32. The number of halogens is 2. The highest BCUT2D eigenvalue weighted by Gasteiger charge is 2.25. The minimum atomic E-state index is -0.255. The zero-order chi connectivity index (χ0) is 14.7. The number of hydrogen-bond donors (Lipinski definition) is 0. The Morgan fingerprint density at radius 2 is 1.15 bits per heavy atom. The normalized spacial score (nSPS) is 13.8. The van der Waals surface area contributed by atoms with E-state index < -0.39 is 0 Å². The molecular formula is C17H16Cl2O. The predicted octanol–water partition coefficient (Wildman–Crippen LogP) is 5.47. The molecule has 20 heavy (non-hydrogen) atoms. The van der Waals surface area contributed by atoms with Crippen LogP contribution < -0.4 is 0 Å². The standard InChI is InChI=1S/C17H16Cl2O/c1-11(13-7-3-5-9-15(13)18)17(20)12(2)14-8-4-6-10-16(14)19/h3-12H,1-2H3. The van der Waals surface area contributed by atoms with E-state index in [2.05, 4.69) is 0 Å². The second-order valence-corrected chi connectivity index (χ2v) is 5.70. The van der Waals surface area contributed by atoms with Crippen LogP contribution in [0.5, 0.6) is 0 Å². The largest absolute Gasteiger partial charge is 0.298 e. The Kier molecular flexibility index (Phi) is 4.85. The van der Waals surface area contributed by atoms with Gasteiger partial charge in [-0.05, 0) is 23.3 Å². The molecule has 0 bridgehead atoms. The lowest BCUT2D eigenvalue weighted by atomic mass is 9.86. The van der Waals surface area contributed by atoms with Crippen LogP contribution in [0.25, 0.3) is 0 Å². The van der Waals surface area contributed by atoms with Crippen LogP contribution in [0.15, 0.2) is 48.5 Å². The van der Waals surface area contributed by atoms with Crippen molar-refractivity contribution in [2.45, 2.75) is 25.7 Å². The van der Waals surface area contributed by atoms with E-state index in [-0.39, 0.29) is 17.6 Å².